The number of aryl methyl sites for hydroxylation is 1. The van der Waals surface area contributed by atoms with Gasteiger partial charge in [-0.2, -0.15) is 0 Å². The van der Waals surface area contributed by atoms with E-state index in [0.29, 0.717) is 18.5 Å². The smallest absolute Gasteiger partial charge is 0.355 e. The van der Waals surface area contributed by atoms with Crippen LogP contribution in [0.15, 0.2) is 12.3 Å². The summed E-state index contributed by atoms with van der Waals surface area (Å²) in [6, 6.07) is 1.04. The second-order valence-corrected chi connectivity index (χ2v) is 9.58. The van der Waals surface area contributed by atoms with Gasteiger partial charge in [-0.25, -0.2) is 13.2 Å². The van der Waals surface area contributed by atoms with Crippen LogP contribution in [0.1, 0.15) is 48.0 Å². The molecule has 0 radical (unpaired) electrons. The first kappa shape index (κ1) is 21.1. The van der Waals surface area contributed by atoms with Crippen LogP contribution in [0.4, 0.5) is 0 Å². The number of ketones is 1. The zero-order chi connectivity index (χ0) is 20.4. The van der Waals surface area contributed by atoms with Crippen LogP contribution < -0.4 is 0 Å². The molecule has 1 fully saturated rings. The van der Waals surface area contributed by atoms with Gasteiger partial charge in [0.2, 0.25) is 0 Å². The Bertz CT molecular complexity index is 840. The summed E-state index contributed by atoms with van der Waals surface area (Å²) in [7, 11) is -1.52. The number of nitrogens with zero attached hydrogens (tertiary/aromatic N) is 2. The third kappa shape index (κ3) is 5.41. The Labute approximate surface area is 159 Å². The van der Waals surface area contributed by atoms with Gasteiger partial charge in [-0.15, -0.1) is 0 Å². The first-order valence-corrected chi connectivity index (χ1v) is 10.7. The first-order chi connectivity index (χ1) is 12.5. The molecule has 1 aliphatic heterocycles. The fraction of sp³-hybridized carbons (Fsp3) is 0.611. The van der Waals surface area contributed by atoms with Crippen molar-refractivity contribution in [2.24, 2.45) is 13.0 Å². The van der Waals surface area contributed by atoms with Gasteiger partial charge in [0.05, 0.1) is 11.5 Å². The number of carbonyl (C=O) groups excluding carboxylic acids is 3. The van der Waals surface area contributed by atoms with Gasteiger partial charge in [0, 0.05) is 31.4 Å². The van der Waals surface area contributed by atoms with Crippen LogP contribution in [0.3, 0.4) is 0 Å². The minimum absolute atomic E-state index is 0.0564. The molecule has 2 rings (SSSR count). The Kier molecular flexibility index (Phi) is 6.46. The van der Waals surface area contributed by atoms with E-state index in [9.17, 15) is 22.8 Å². The lowest BCUT2D eigenvalue weighted by Crippen LogP contribution is -2.45. The molecule has 2 heterocycles. The molecule has 0 saturated carbocycles. The van der Waals surface area contributed by atoms with E-state index in [0.717, 1.165) is 0 Å². The van der Waals surface area contributed by atoms with E-state index in [1.165, 1.54) is 28.7 Å². The normalized spacial score (nSPS) is 18.5. The summed E-state index contributed by atoms with van der Waals surface area (Å²) in [6.45, 7) is 5.19. The van der Waals surface area contributed by atoms with Gasteiger partial charge in [-0.05, 0) is 25.3 Å². The maximum atomic E-state index is 12.6. The number of carbonyl (C=O) groups is 3. The molecule has 150 valence electrons. The average molecular weight is 398 g/mol. The molecular formula is C18H26N2O6S. The zero-order valence-corrected chi connectivity index (χ0v) is 16.9. The molecule has 1 saturated heterocycles. The number of esters is 1. The molecule has 0 spiro atoms. The molecule has 9 heteroatoms. The summed E-state index contributed by atoms with van der Waals surface area (Å²) in [5.41, 5.74) is 0.556. The van der Waals surface area contributed by atoms with Crippen molar-refractivity contribution in [3.8, 4) is 0 Å². The summed E-state index contributed by atoms with van der Waals surface area (Å²) in [6.07, 6.45) is 1.92. The van der Waals surface area contributed by atoms with Gasteiger partial charge < -0.3 is 14.2 Å². The largest absolute Gasteiger partial charge is 0.451 e. The minimum Gasteiger partial charge on any atom is -0.451 e. The fourth-order valence-electron chi connectivity index (χ4n) is 3.11. The van der Waals surface area contributed by atoms with Gasteiger partial charge in [-0.1, -0.05) is 13.8 Å². The lowest BCUT2D eigenvalue weighted by Gasteiger charge is -2.29. The number of rotatable bonds is 7. The number of amides is 1. The molecule has 1 amide bonds. The molecule has 27 heavy (non-hydrogen) atoms. The summed E-state index contributed by atoms with van der Waals surface area (Å²) in [5.74, 6) is -1.14. The number of Topliss-reactive ketones (excluding diaryl/α,β-unsaturated/α-hetero) is 1. The van der Waals surface area contributed by atoms with Crippen molar-refractivity contribution in [2.75, 3.05) is 24.7 Å². The first-order valence-electron chi connectivity index (χ1n) is 8.84. The highest BCUT2D eigenvalue weighted by Gasteiger charge is 2.35. The second-order valence-electron chi connectivity index (χ2n) is 7.35. The molecule has 1 aromatic heterocycles. The third-order valence-corrected chi connectivity index (χ3v) is 6.23. The molecular weight excluding hydrogens is 372 g/mol. The molecule has 0 N–H and O–H groups in total. The van der Waals surface area contributed by atoms with Crippen molar-refractivity contribution in [3.05, 3.63) is 23.5 Å². The molecule has 8 nitrogen and oxygen atoms in total. The van der Waals surface area contributed by atoms with Gasteiger partial charge in [0.1, 0.15) is 5.69 Å². The van der Waals surface area contributed by atoms with Crippen LogP contribution in [0, 0.1) is 5.92 Å². The summed E-state index contributed by atoms with van der Waals surface area (Å²) in [5, 5.41) is 0. The summed E-state index contributed by atoms with van der Waals surface area (Å²) >= 11 is 0. The van der Waals surface area contributed by atoms with Gasteiger partial charge >= 0.3 is 5.97 Å². The standard InChI is InChI=1S/C18H26N2O6S/c1-12(2)8-20(15-5-6-27(24,25)11-15)17(22)10-26-18(23)16-7-14(13(3)21)9-19(16)4/h7,9,12,15H,5-6,8,10-11H2,1-4H3/t15-/m1/s1. The molecule has 0 unspecified atom stereocenters. The van der Waals surface area contributed by atoms with E-state index in [2.05, 4.69) is 0 Å². The highest BCUT2D eigenvalue weighted by Crippen LogP contribution is 2.19. The van der Waals surface area contributed by atoms with Crippen molar-refractivity contribution < 1.29 is 27.5 Å². The van der Waals surface area contributed by atoms with Gasteiger partial charge in [-0.3, -0.25) is 9.59 Å². The Morgan fingerprint density at radius 3 is 2.48 bits per heavy atom. The predicted octanol–water partition coefficient (Wildman–Crippen LogP) is 1.06. The number of hydrogen-bond donors (Lipinski definition) is 0. The van der Waals surface area contributed by atoms with Crippen LogP contribution in [-0.2, 0) is 26.4 Å². The number of hydrogen-bond acceptors (Lipinski definition) is 6. The van der Waals surface area contributed by atoms with Crippen LogP contribution in [0.2, 0.25) is 0 Å². The van der Waals surface area contributed by atoms with E-state index in [-0.39, 0.29) is 34.9 Å². The van der Waals surface area contributed by atoms with E-state index in [1.807, 2.05) is 13.8 Å². The Morgan fingerprint density at radius 2 is 2.00 bits per heavy atom. The second kappa shape index (κ2) is 8.24. The molecule has 0 bridgehead atoms. The number of aromatic nitrogens is 1. The predicted molar refractivity (Wildman–Crippen MR) is 99.3 cm³/mol. The lowest BCUT2D eigenvalue weighted by atomic mass is 10.1. The fourth-order valence-corrected chi connectivity index (χ4v) is 4.84. The van der Waals surface area contributed by atoms with E-state index < -0.39 is 28.3 Å². The Morgan fingerprint density at radius 1 is 1.33 bits per heavy atom. The maximum absolute atomic E-state index is 12.6. The van der Waals surface area contributed by atoms with Crippen molar-refractivity contribution in [2.45, 2.75) is 33.2 Å². The van der Waals surface area contributed by atoms with Crippen molar-refractivity contribution in [1.29, 1.82) is 0 Å². The highest BCUT2D eigenvalue weighted by atomic mass is 32.2. The molecule has 0 aliphatic carbocycles. The molecule has 1 aliphatic rings. The lowest BCUT2D eigenvalue weighted by molar-refractivity contribution is -0.137. The van der Waals surface area contributed by atoms with Gasteiger partial charge in [0.15, 0.2) is 22.2 Å². The van der Waals surface area contributed by atoms with E-state index >= 15 is 0 Å². The third-order valence-electron chi connectivity index (χ3n) is 4.48. The van der Waals surface area contributed by atoms with Crippen LogP contribution in [-0.4, -0.2) is 66.2 Å². The van der Waals surface area contributed by atoms with Crippen LogP contribution in [0.25, 0.3) is 0 Å². The van der Waals surface area contributed by atoms with Crippen molar-refractivity contribution >= 4 is 27.5 Å². The molecule has 0 aromatic carbocycles. The number of sulfone groups is 1. The van der Waals surface area contributed by atoms with E-state index in [1.54, 1.807) is 7.05 Å². The van der Waals surface area contributed by atoms with Crippen molar-refractivity contribution in [1.82, 2.24) is 9.47 Å². The van der Waals surface area contributed by atoms with Crippen molar-refractivity contribution in [3.63, 3.8) is 0 Å². The topological polar surface area (TPSA) is 103 Å². The van der Waals surface area contributed by atoms with Crippen LogP contribution >= 0.6 is 0 Å². The number of ether oxygens (including phenoxy) is 1. The monoisotopic (exact) mass is 398 g/mol. The zero-order valence-electron chi connectivity index (χ0n) is 16.1. The Hall–Kier alpha value is -2.16. The highest BCUT2D eigenvalue weighted by molar-refractivity contribution is 7.91. The Balaban J connectivity index is 2.04. The molecule has 1 atom stereocenters. The minimum atomic E-state index is -3.13. The SMILES string of the molecule is CC(=O)c1cc(C(=O)OCC(=O)N(CC(C)C)[C@@H]2CCS(=O)(=O)C2)n(C)c1. The summed E-state index contributed by atoms with van der Waals surface area (Å²) < 4.78 is 30.1. The van der Waals surface area contributed by atoms with Gasteiger partial charge in [0.25, 0.3) is 5.91 Å². The van der Waals surface area contributed by atoms with Crippen LogP contribution in [0.5, 0.6) is 0 Å². The average Bonchev–Trinajstić information content (AvgIpc) is 3.12. The van der Waals surface area contributed by atoms with E-state index in [4.69, 9.17) is 4.74 Å². The molecule has 1 aromatic rings. The maximum Gasteiger partial charge on any atom is 0.355 e. The quantitative estimate of drug-likeness (QED) is 0.503. The summed E-state index contributed by atoms with van der Waals surface area (Å²) in [4.78, 5) is 37.8.